The number of halogens is 2. The van der Waals surface area contributed by atoms with E-state index >= 15 is 0 Å². The summed E-state index contributed by atoms with van der Waals surface area (Å²) in [6.45, 7) is 2.01. The van der Waals surface area contributed by atoms with Gasteiger partial charge in [0.1, 0.15) is 28.5 Å². The maximum Gasteiger partial charge on any atom is 0.280 e. The molecule has 0 aromatic carbocycles. The van der Waals surface area contributed by atoms with Gasteiger partial charge in [-0.15, -0.1) is 0 Å². The third-order valence-electron chi connectivity index (χ3n) is 5.86. The number of imidazole rings is 1. The molecule has 1 N–H and O–H groups in total. The molecule has 4 heterocycles. The lowest BCUT2D eigenvalue weighted by molar-refractivity contribution is 0.0846. The number of amides is 1. The molecule has 32 heavy (non-hydrogen) atoms. The van der Waals surface area contributed by atoms with E-state index in [1.807, 2.05) is 16.7 Å². The zero-order chi connectivity index (χ0) is 22.1. The minimum Gasteiger partial charge on any atom is -0.491 e. The lowest BCUT2D eigenvalue weighted by Crippen LogP contribution is -2.16. The number of carbonyl (C=O) groups is 1. The minimum absolute atomic E-state index is 0.0791. The highest BCUT2D eigenvalue weighted by molar-refractivity contribution is 6.03. The van der Waals surface area contributed by atoms with Crippen molar-refractivity contribution in [3.8, 4) is 5.75 Å². The van der Waals surface area contributed by atoms with Gasteiger partial charge in [-0.05, 0) is 43.7 Å². The van der Waals surface area contributed by atoms with E-state index in [9.17, 15) is 13.6 Å². The Bertz CT molecular complexity index is 1120. The number of aromatic nitrogens is 3. The zero-order valence-corrected chi connectivity index (χ0v) is 17.5. The van der Waals surface area contributed by atoms with Crippen LogP contribution in [0.4, 0.5) is 14.5 Å². The summed E-state index contributed by atoms with van der Waals surface area (Å²) in [4.78, 5) is 21.3. The van der Waals surface area contributed by atoms with Gasteiger partial charge in [-0.2, -0.15) is 0 Å². The molecular weight excluding hydrogens is 418 g/mol. The summed E-state index contributed by atoms with van der Waals surface area (Å²) in [5, 5.41) is 2.78. The molecule has 0 spiro atoms. The molecule has 2 aliphatic rings. The van der Waals surface area contributed by atoms with Crippen molar-refractivity contribution >= 4 is 17.2 Å². The van der Waals surface area contributed by atoms with Crippen molar-refractivity contribution in [2.24, 2.45) is 5.92 Å². The Hall–Kier alpha value is -3.07. The Morgan fingerprint density at radius 3 is 2.75 bits per heavy atom. The number of rotatable bonds is 7. The second kappa shape index (κ2) is 8.82. The minimum atomic E-state index is -2.74. The second-order valence-corrected chi connectivity index (χ2v) is 8.33. The monoisotopic (exact) mass is 442 g/mol. The number of carbonyl (C=O) groups excluding carboxylic acids is 1. The van der Waals surface area contributed by atoms with Gasteiger partial charge in [0.25, 0.3) is 12.3 Å². The predicted octanol–water partition coefficient (Wildman–Crippen LogP) is 4.60. The van der Waals surface area contributed by atoms with E-state index in [2.05, 4.69) is 10.3 Å². The summed E-state index contributed by atoms with van der Waals surface area (Å²) in [5.41, 5.74) is 1.64. The van der Waals surface area contributed by atoms with E-state index in [1.165, 1.54) is 18.2 Å². The van der Waals surface area contributed by atoms with Crippen molar-refractivity contribution in [1.29, 1.82) is 0 Å². The van der Waals surface area contributed by atoms with Crippen LogP contribution < -0.4 is 10.1 Å². The summed E-state index contributed by atoms with van der Waals surface area (Å²) in [5.74, 6) is 0.787. The summed E-state index contributed by atoms with van der Waals surface area (Å²) < 4.78 is 39.3. The topological polar surface area (TPSA) is 77.8 Å². The number of nitrogens with zero attached hydrogens (tertiary/aromatic N) is 3. The molecule has 0 bridgehead atoms. The molecule has 1 aliphatic carbocycles. The summed E-state index contributed by atoms with van der Waals surface area (Å²) >= 11 is 0. The lowest BCUT2D eigenvalue weighted by atomic mass is 9.97. The largest absolute Gasteiger partial charge is 0.491 e. The third kappa shape index (κ3) is 4.57. The second-order valence-electron chi connectivity index (χ2n) is 8.33. The summed E-state index contributed by atoms with van der Waals surface area (Å²) in [7, 11) is 0. The third-order valence-corrected chi connectivity index (χ3v) is 5.86. The molecule has 7 nitrogen and oxygen atoms in total. The first-order valence-electron chi connectivity index (χ1n) is 10.9. The maximum atomic E-state index is 13.0. The van der Waals surface area contributed by atoms with Gasteiger partial charge in [0, 0.05) is 37.6 Å². The molecule has 3 aromatic rings. The fourth-order valence-electron chi connectivity index (χ4n) is 3.82. The zero-order valence-electron chi connectivity index (χ0n) is 17.5. The van der Waals surface area contributed by atoms with Gasteiger partial charge in [-0.1, -0.05) is 6.07 Å². The van der Waals surface area contributed by atoms with Gasteiger partial charge >= 0.3 is 0 Å². The Morgan fingerprint density at radius 2 is 2.00 bits per heavy atom. The Balaban J connectivity index is 1.44. The molecule has 168 valence electrons. The highest BCUT2D eigenvalue weighted by atomic mass is 19.3. The molecule has 1 saturated carbocycles. The quantitative estimate of drug-likeness (QED) is 0.579. The number of hydrogen-bond donors (Lipinski definition) is 1. The van der Waals surface area contributed by atoms with E-state index in [0.717, 1.165) is 50.2 Å². The van der Waals surface area contributed by atoms with E-state index in [-0.39, 0.29) is 5.69 Å². The first-order chi connectivity index (χ1) is 15.6. The highest BCUT2D eigenvalue weighted by Gasteiger charge is 2.24. The number of pyridine rings is 2. The number of alkyl halides is 2. The number of anilines is 1. The first kappa shape index (κ1) is 20.8. The Morgan fingerprint density at radius 1 is 1.19 bits per heavy atom. The summed E-state index contributed by atoms with van der Waals surface area (Å²) in [6.07, 6.45) is 5.07. The molecule has 9 heteroatoms. The summed E-state index contributed by atoms with van der Waals surface area (Å²) in [6, 6.07) is 5.81. The van der Waals surface area contributed by atoms with Crippen molar-refractivity contribution in [3.63, 3.8) is 0 Å². The Kier molecular flexibility index (Phi) is 5.73. The number of ether oxygens (including phenoxy) is 2. The highest BCUT2D eigenvalue weighted by Crippen LogP contribution is 2.34. The molecule has 0 radical (unpaired) electrons. The maximum absolute atomic E-state index is 13.0. The molecule has 3 aromatic heterocycles. The molecular formula is C23H24F2N4O3. The van der Waals surface area contributed by atoms with Crippen LogP contribution in [0.5, 0.6) is 5.75 Å². The molecule has 0 atom stereocenters. The van der Waals surface area contributed by atoms with Crippen LogP contribution in [0.15, 0.2) is 36.7 Å². The van der Waals surface area contributed by atoms with E-state index < -0.39 is 18.0 Å². The number of fused-ring (bicyclic) bond motifs is 1. The van der Waals surface area contributed by atoms with Crippen molar-refractivity contribution < 1.29 is 23.0 Å². The van der Waals surface area contributed by atoms with Crippen LogP contribution >= 0.6 is 0 Å². The van der Waals surface area contributed by atoms with E-state index in [4.69, 9.17) is 14.5 Å². The normalized spacial score (nSPS) is 17.1. The molecule has 0 unspecified atom stereocenters. The van der Waals surface area contributed by atoms with Crippen molar-refractivity contribution in [2.75, 3.05) is 25.1 Å². The van der Waals surface area contributed by atoms with Crippen LogP contribution in [0.2, 0.25) is 0 Å². The molecule has 1 saturated heterocycles. The number of hydrogen-bond acceptors (Lipinski definition) is 5. The van der Waals surface area contributed by atoms with Crippen LogP contribution in [-0.2, 0) is 4.74 Å². The van der Waals surface area contributed by atoms with E-state index in [0.29, 0.717) is 29.9 Å². The molecule has 1 aliphatic heterocycles. The van der Waals surface area contributed by atoms with E-state index in [1.54, 1.807) is 6.20 Å². The molecule has 1 amide bonds. The van der Waals surface area contributed by atoms with Crippen LogP contribution in [0.3, 0.4) is 0 Å². The van der Waals surface area contributed by atoms with Crippen LogP contribution in [0.1, 0.15) is 59.9 Å². The number of nitrogens with one attached hydrogen (secondary N) is 1. The predicted molar refractivity (Wildman–Crippen MR) is 113 cm³/mol. The average molecular weight is 442 g/mol. The van der Waals surface area contributed by atoms with Crippen molar-refractivity contribution in [1.82, 2.24) is 14.4 Å². The molecule has 5 rings (SSSR count). The van der Waals surface area contributed by atoms with Gasteiger partial charge in [0.15, 0.2) is 0 Å². The van der Waals surface area contributed by atoms with Gasteiger partial charge < -0.3 is 19.2 Å². The first-order valence-corrected chi connectivity index (χ1v) is 10.9. The van der Waals surface area contributed by atoms with Gasteiger partial charge in [-0.3, -0.25) is 4.79 Å². The Labute approximate surface area is 183 Å². The van der Waals surface area contributed by atoms with Crippen LogP contribution in [0.25, 0.3) is 5.65 Å². The smallest absolute Gasteiger partial charge is 0.280 e. The van der Waals surface area contributed by atoms with Gasteiger partial charge in [0.05, 0.1) is 12.3 Å². The van der Waals surface area contributed by atoms with Crippen molar-refractivity contribution in [2.45, 2.75) is 38.0 Å². The standard InChI is InChI=1S/C23H24F2N4O3/c24-22(25)16-2-1-3-17(26-16)23(30)28-19-12-29-11-18(15-6-8-31-9-7-15)27-21(29)10-20(19)32-13-14-4-5-14/h1-3,10-12,14-15,22H,4-9,13H2,(H,28,30). The fourth-order valence-corrected chi connectivity index (χ4v) is 3.82. The fraction of sp³-hybridized carbons (Fsp3) is 0.435. The van der Waals surface area contributed by atoms with Gasteiger partial charge in [0.2, 0.25) is 0 Å². The van der Waals surface area contributed by atoms with Crippen LogP contribution in [0, 0.1) is 5.92 Å². The van der Waals surface area contributed by atoms with Crippen molar-refractivity contribution in [3.05, 3.63) is 53.7 Å². The molecule has 2 fully saturated rings. The van der Waals surface area contributed by atoms with Crippen LogP contribution in [-0.4, -0.2) is 40.1 Å². The average Bonchev–Trinajstić information content (AvgIpc) is 3.55. The van der Waals surface area contributed by atoms with Gasteiger partial charge in [-0.25, -0.2) is 18.7 Å². The lowest BCUT2D eigenvalue weighted by Gasteiger charge is -2.19. The SMILES string of the molecule is O=C(Nc1cn2cc(C3CCOCC3)nc2cc1OCC1CC1)c1cccc(C(F)F)n1.